The van der Waals surface area contributed by atoms with E-state index >= 15 is 0 Å². The predicted octanol–water partition coefficient (Wildman–Crippen LogP) is 2.80. The van der Waals surface area contributed by atoms with Gasteiger partial charge in [-0.3, -0.25) is 4.79 Å². The molecule has 0 aliphatic carbocycles. The molecular formula is C11H12O2. The monoisotopic (exact) mass is 176 g/mol. The summed E-state index contributed by atoms with van der Waals surface area (Å²) in [6.45, 7) is 2.04. The zero-order valence-corrected chi connectivity index (χ0v) is 7.57. The molecular weight excluding hydrogens is 164 g/mol. The second-order valence-corrected chi connectivity index (χ2v) is 2.58. The quantitative estimate of drug-likeness (QED) is 0.521. The maximum absolute atomic E-state index is 10.3. The zero-order valence-electron chi connectivity index (χ0n) is 7.57. The number of rotatable bonds is 4. The topological polar surface area (TPSA) is 26.3 Å². The summed E-state index contributed by atoms with van der Waals surface area (Å²) >= 11 is 0. The largest absolute Gasteiger partial charge is 0.465 e. The van der Waals surface area contributed by atoms with Crippen molar-refractivity contribution in [1.82, 2.24) is 0 Å². The average Bonchev–Trinajstić information content (AvgIpc) is 2.19. The van der Waals surface area contributed by atoms with E-state index in [0.29, 0.717) is 5.56 Å². The number of carbonyl (C=O) groups is 1. The lowest BCUT2D eigenvalue weighted by atomic mass is 10.2. The first kappa shape index (κ1) is 9.52. The van der Waals surface area contributed by atoms with Crippen LogP contribution in [0, 0.1) is 0 Å². The van der Waals surface area contributed by atoms with Gasteiger partial charge in [-0.2, -0.15) is 0 Å². The van der Waals surface area contributed by atoms with Gasteiger partial charge in [0.05, 0.1) is 6.26 Å². The third kappa shape index (κ3) is 3.11. The lowest BCUT2D eigenvalue weighted by Gasteiger charge is -1.98. The number of allylic oxidation sites excluding steroid dienone is 1. The maximum atomic E-state index is 10.3. The summed E-state index contributed by atoms with van der Waals surface area (Å²) in [5.74, 6) is 0.746. The predicted molar refractivity (Wildman–Crippen MR) is 51.9 cm³/mol. The highest BCUT2D eigenvalue weighted by Crippen LogP contribution is 2.11. The highest BCUT2D eigenvalue weighted by atomic mass is 16.5. The first-order valence-corrected chi connectivity index (χ1v) is 4.23. The van der Waals surface area contributed by atoms with Crippen LogP contribution < -0.4 is 4.74 Å². The van der Waals surface area contributed by atoms with Crippen molar-refractivity contribution in [2.24, 2.45) is 0 Å². The molecule has 0 unspecified atom stereocenters. The summed E-state index contributed by atoms with van der Waals surface area (Å²) in [6, 6.07) is 6.98. The third-order valence-corrected chi connectivity index (χ3v) is 1.55. The SMILES string of the molecule is CCC=COc1ccc(C=O)cc1. The van der Waals surface area contributed by atoms with Gasteiger partial charge in [0, 0.05) is 5.56 Å². The van der Waals surface area contributed by atoms with E-state index in [0.717, 1.165) is 18.5 Å². The molecule has 0 saturated heterocycles. The Bertz CT molecular complexity index is 285. The van der Waals surface area contributed by atoms with Crippen LogP contribution in [0.1, 0.15) is 23.7 Å². The molecule has 1 aromatic rings. The molecule has 0 heterocycles. The van der Waals surface area contributed by atoms with Crippen molar-refractivity contribution in [2.45, 2.75) is 13.3 Å². The minimum absolute atomic E-state index is 0.659. The fourth-order valence-corrected chi connectivity index (χ4v) is 0.848. The molecule has 0 aliphatic heterocycles. The smallest absolute Gasteiger partial charge is 0.150 e. The molecule has 0 saturated carbocycles. The van der Waals surface area contributed by atoms with E-state index in [1.165, 1.54) is 0 Å². The molecule has 0 N–H and O–H groups in total. The van der Waals surface area contributed by atoms with Crippen LogP contribution in [0.5, 0.6) is 5.75 Å². The van der Waals surface area contributed by atoms with Crippen molar-refractivity contribution in [2.75, 3.05) is 0 Å². The second-order valence-electron chi connectivity index (χ2n) is 2.58. The van der Waals surface area contributed by atoms with Crippen molar-refractivity contribution in [1.29, 1.82) is 0 Å². The Morgan fingerprint density at radius 2 is 2.00 bits per heavy atom. The van der Waals surface area contributed by atoms with Gasteiger partial charge in [0.1, 0.15) is 12.0 Å². The standard InChI is InChI=1S/C11H12O2/c1-2-3-8-13-11-6-4-10(9-12)5-7-11/h3-9H,2H2,1H3. The van der Waals surface area contributed by atoms with Gasteiger partial charge in [-0.05, 0) is 36.8 Å². The zero-order chi connectivity index (χ0) is 9.52. The van der Waals surface area contributed by atoms with Crippen LogP contribution in [0.15, 0.2) is 36.6 Å². The van der Waals surface area contributed by atoms with Crippen molar-refractivity contribution in [3.8, 4) is 5.75 Å². The number of hydrogen-bond donors (Lipinski definition) is 0. The van der Waals surface area contributed by atoms with Crippen LogP contribution in [0.3, 0.4) is 0 Å². The van der Waals surface area contributed by atoms with Gasteiger partial charge in [-0.15, -0.1) is 0 Å². The lowest BCUT2D eigenvalue weighted by Crippen LogP contribution is -1.83. The van der Waals surface area contributed by atoms with E-state index in [-0.39, 0.29) is 0 Å². The number of carbonyl (C=O) groups excluding carboxylic acids is 1. The number of ether oxygens (including phenoxy) is 1. The molecule has 0 radical (unpaired) electrons. The Morgan fingerprint density at radius 1 is 1.31 bits per heavy atom. The van der Waals surface area contributed by atoms with Crippen LogP contribution >= 0.6 is 0 Å². The van der Waals surface area contributed by atoms with Gasteiger partial charge in [-0.25, -0.2) is 0 Å². The minimum Gasteiger partial charge on any atom is -0.465 e. The second kappa shape index (κ2) is 5.14. The first-order valence-electron chi connectivity index (χ1n) is 4.23. The average molecular weight is 176 g/mol. The van der Waals surface area contributed by atoms with E-state index in [2.05, 4.69) is 0 Å². The molecule has 0 atom stereocenters. The van der Waals surface area contributed by atoms with Crippen LogP contribution in [0.2, 0.25) is 0 Å². The van der Waals surface area contributed by atoms with Crippen LogP contribution in [0.4, 0.5) is 0 Å². The molecule has 0 aromatic heterocycles. The van der Waals surface area contributed by atoms with Gasteiger partial charge in [0.2, 0.25) is 0 Å². The molecule has 0 aliphatic rings. The summed E-state index contributed by atoms with van der Waals surface area (Å²) in [5, 5.41) is 0. The molecule has 0 spiro atoms. The molecule has 1 rings (SSSR count). The van der Waals surface area contributed by atoms with E-state index in [1.54, 1.807) is 30.5 Å². The van der Waals surface area contributed by atoms with Gasteiger partial charge < -0.3 is 4.74 Å². The molecule has 1 aromatic carbocycles. The summed E-state index contributed by atoms with van der Waals surface area (Å²) < 4.78 is 5.25. The molecule has 13 heavy (non-hydrogen) atoms. The minimum atomic E-state index is 0.659. The Hall–Kier alpha value is -1.57. The Labute approximate surface area is 77.8 Å². The molecule has 0 amide bonds. The first-order chi connectivity index (χ1) is 6.36. The lowest BCUT2D eigenvalue weighted by molar-refractivity contribution is 0.112. The van der Waals surface area contributed by atoms with Crippen LogP contribution in [0.25, 0.3) is 0 Å². The maximum Gasteiger partial charge on any atom is 0.150 e. The van der Waals surface area contributed by atoms with E-state index < -0.39 is 0 Å². The van der Waals surface area contributed by atoms with Crippen molar-refractivity contribution in [3.05, 3.63) is 42.2 Å². The van der Waals surface area contributed by atoms with Gasteiger partial charge >= 0.3 is 0 Å². The fourth-order valence-electron chi connectivity index (χ4n) is 0.848. The molecule has 2 heteroatoms. The summed E-state index contributed by atoms with van der Waals surface area (Å²) in [6.07, 6.45) is 5.33. The van der Waals surface area contributed by atoms with Crippen molar-refractivity contribution >= 4 is 6.29 Å². The highest BCUT2D eigenvalue weighted by molar-refractivity contribution is 5.74. The Morgan fingerprint density at radius 3 is 2.54 bits per heavy atom. The molecule has 0 fully saturated rings. The number of hydrogen-bond acceptors (Lipinski definition) is 2. The molecule has 0 bridgehead atoms. The summed E-state index contributed by atoms with van der Waals surface area (Å²) in [5.41, 5.74) is 0.659. The number of benzene rings is 1. The van der Waals surface area contributed by atoms with Gasteiger partial charge in [-0.1, -0.05) is 6.92 Å². The summed E-state index contributed by atoms with van der Waals surface area (Å²) in [7, 11) is 0. The Balaban J connectivity index is 2.59. The molecule has 68 valence electrons. The normalized spacial score (nSPS) is 10.2. The van der Waals surface area contributed by atoms with E-state index in [1.807, 2.05) is 13.0 Å². The van der Waals surface area contributed by atoms with Crippen molar-refractivity contribution in [3.63, 3.8) is 0 Å². The third-order valence-electron chi connectivity index (χ3n) is 1.55. The molecule has 2 nitrogen and oxygen atoms in total. The number of aldehydes is 1. The van der Waals surface area contributed by atoms with Gasteiger partial charge in [0.15, 0.2) is 0 Å². The summed E-state index contributed by atoms with van der Waals surface area (Å²) in [4.78, 5) is 10.3. The van der Waals surface area contributed by atoms with E-state index in [9.17, 15) is 4.79 Å². The van der Waals surface area contributed by atoms with E-state index in [4.69, 9.17) is 4.74 Å². The van der Waals surface area contributed by atoms with Gasteiger partial charge in [0.25, 0.3) is 0 Å². The fraction of sp³-hybridized carbons (Fsp3) is 0.182. The Kier molecular flexibility index (Phi) is 3.76. The highest BCUT2D eigenvalue weighted by Gasteiger charge is 1.91. The van der Waals surface area contributed by atoms with Crippen LogP contribution in [-0.2, 0) is 0 Å². The van der Waals surface area contributed by atoms with Crippen LogP contribution in [-0.4, -0.2) is 6.29 Å². The van der Waals surface area contributed by atoms with Crippen molar-refractivity contribution < 1.29 is 9.53 Å².